The zero-order chi connectivity index (χ0) is 13.9. The summed E-state index contributed by atoms with van der Waals surface area (Å²) in [5, 5.41) is 4.65. The number of thiazole rings is 1. The zero-order valence-corrected chi connectivity index (χ0v) is 13.2. The van der Waals surface area contributed by atoms with Crippen LogP contribution in [0.5, 0.6) is 0 Å². The molecular weight excluding hydrogens is 258 g/mol. The fourth-order valence-electron chi connectivity index (χ4n) is 2.11. The van der Waals surface area contributed by atoms with Crippen LogP contribution in [0.15, 0.2) is 6.20 Å². The number of anilines is 1. The number of ether oxygens (including phenoxy) is 1. The molecule has 0 bridgehead atoms. The number of morpholine rings is 1. The van der Waals surface area contributed by atoms with Crippen molar-refractivity contribution >= 4 is 16.5 Å². The van der Waals surface area contributed by atoms with Crippen molar-refractivity contribution in [2.24, 2.45) is 0 Å². The van der Waals surface area contributed by atoms with Gasteiger partial charge in [0.1, 0.15) is 0 Å². The van der Waals surface area contributed by atoms with Gasteiger partial charge in [0.25, 0.3) is 0 Å². The van der Waals surface area contributed by atoms with Crippen molar-refractivity contribution in [2.75, 3.05) is 24.7 Å². The van der Waals surface area contributed by atoms with Crippen molar-refractivity contribution in [3.8, 4) is 0 Å². The minimum Gasteiger partial charge on any atom is -0.377 e. The Hall–Kier alpha value is -0.650. The molecule has 1 aromatic rings. The SMILES string of the molecule is CCC1COCCN1c1ncc(CNC(C)(C)C)s1. The summed E-state index contributed by atoms with van der Waals surface area (Å²) in [5.41, 5.74) is 0.148. The molecule has 19 heavy (non-hydrogen) atoms. The number of hydrogen-bond acceptors (Lipinski definition) is 5. The molecule has 2 rings (SSSR count). The lowest BCUT2D eigenvalue weighted by molar-refractivity contribution is 0.0929. The molecule has 1 atom stereocenters. The Labute approximate surface area is 120 Å². The lowest BCUT2D eigenvalue weighted by Crippen LogP contribution is -2.45. The van der Waals surface area contributed by atoms with Crippen LogP contribution in [0.3, 0.4) is 0 Å². The maximum absolute atomic E-state index is 5.55. The molecule has 1 aliphatic rings. The third-order valence-corrected chi connectivity index (χ3v) is 4.31. The quantitative estimate of drug-likeness (QED) is 0.922. The van der Waals surface area contributed by atoms with Gasteiger partial charge in [0.05, 0.1) is 19.3 Å². The molecule has 1 unspecified atom stereocenters. The Morgan fingerprint density at radius 3 is 3.00 bits per heavy atom. The van der Waals surface area contributed by atoms with Gasteiger partial charge in [-0.15, -0.1) is 11.3 Å². The minimum absolute atomic E-state index is 0.148. The maximum Gasteiger partial charge on any atom is 0.185 e. The molecule has 0 saturated carbocycles. The van der Waals surface area contributed by atoms with E-state index in [1.165, 1.54) is 4.88 Å². The second kappa shape index (κ2) is 6.20. The van der Waals surface area contributed by atoms with Crippen LogP contribution in [0.2, 0.25) is 0 Å². The number of hydrogen-bond donors (Lipinski definition) is 1. The summed E-state index contributed by atoms with van der Waals surface area (Å²) in [6.45, 7) is 12.2. The van der Waals surface area contributed by atoms with E-state index >= 15 is 0 Å². The minimum atomic E-state index is 0.148. The largest absolute Gasteiger partial charge is 0.377 e. The van der Waals surface area contributed by atoms with Gasteiger partial charge in [-0.2, -0.15) is 0 Å². The van der Waals surface area contributed by atoms with Gasteiger partial charge in [-0.1, -0.05) is 6.92 Å². The lowest BCUT2D eigenvalue weighted by atomic mass is 10.1. The Kier molecular flexibility index (Phi) is 4.81. The second-order valence-corrected chi connectivity index (χ2v) is 7.14. The van der Waals surface area contributed by atoms with Crippen LogP contribution in [-0.4, -0.2) is 36.3 Å². The molecule has 1 fully saturated rings. The van der Waals surface area contributed by atoms with Crippen molar-refractivity contribution < 1.29 is 4.74 Å². The van der Waals surface area contributed by atoms with E-state index in [1.54, 1.807) is 11.3 Å². The van der Waals surface area contributed by atoms with Crippen LogP contribution in [-0.2, 0) is 11.3 Å². The summed E-state index contributed by atoms with van der Waals surface area (Å²) in [7, 11) is 0. The molecule has 1 N–H and O–H groups in total. The highest BCUT2D eigenvalue weighted by molar-refractivity contribution is 7.15. The van der Waals surface area contributed by atoms with E-state index in [9.17, 15) is 0 Å². The van der Waals surface area contributed by atoms with Crippen LogP contribution in [0.25, 0.3) is 0 Å². The number of nitrogens with one attached hydrogen (secondary N) is 1. The van der Waals surface area contributed by atoms with Gasteiger partial charge in [0.2, 0.25) is 0 Å². The molecule has 1 saturated heterocycles. The molecule has 4 nitrogen and oxygen atoms in total. The normalized spacial score (nSPS) is 20.8. The van der Waals surface area contributed by atoms with Gasteiger partial charge < -0.3 is 15.0 Å². The zero-order valence-electron chi connectivity index (χ0n) is 12.4. The van der Waals surface area contributed by atoms with Gasteiger partial charge >= 0.3 is 0 Å². The first-order valence-corrected chi connectivity index (χ1v) is 7.85. The predicted molar refractivity (Wildman–Crippen MR) is 81.0 cm³/mol. The van der Waals surface area contributed by atoms with Crippen LogP contribution < -0.4 is 10.2 Å². The summed E-state index contributed by atoms with van der Waals surface area (Å²) in [6.07, 6.45) is 3.11. The molecule has 108 valence electrons. The Balaban J connectivity index is 1.99. The fraction of sp³-hybridized carbons (Fsp3) is 0.786. The van der Waals surface area contributed by atoms with Gasteiger partial charge in [-0.25, -0.2) is 4.98 Å². The Morgan fingerprint density at radius 2 is 2.32 bits per heavy atom. The standard InChI is InChI=1S/C14H25N3OS/c1-5-11-10-18-7-6-17(11)13-15-8-12(19-13)9-16-14(2,3)4/h8,11,16H,5-7,9-10H2,1-4H3. The molecule has 1 aliphatic heterocycles. The van der Waals surface area contributed by atoms with E-state index in [0.717, 1.165) is 37.9 Å². The van der Waals surface area contributed by atoms with Crippen molar-refractivity contribution in [2.45, 2.75) is 52.2 Å². The van der Waals surface area contributed by atoms with Crippen LogP contribution in [0.4, 0.5) is 5.13 Å². The van der Waals surface area contributed by atoms with Gasteiger partial charge in [-0.3, -0.25) is 0 Å². The summed E-state index contributed by atoms with van der Waals surface area (Å²) >= 11 is 1.80. The monoisotopic (exact) mass is 283 g/mol. The van der Waals surface area contributed by atoms with Crippen LogP contribution >= 0.6 is 11.3 Å². The molecule has 0 aromatic carbocycles. The Morgan fingerprint density at radius 1 is 1.53 bits per heavy atom. The van der Waals surface area contributed by atoms with Crippen molar-refractivity contribution in [3.63, 3.8) is 0 Å². The maximum atomic E-state index is 5.55. The first-order chi connectivity index (χ1) is 8.99. The summed E-state index contributed by atoms with van der Waals surface area (Å²) in [4.78, 5) is 8.28. The average molecular weight is 283 g/mol. The summed E-state index contributed by atoms with van der Waals surface area (Å²) < 4.78 is 5.55. The predicted octanol–water partition coefficient (Wildman–Crippen LogP) is 2.65. The molecule has 0 radical (unpaired) electrons. The van der Waals surface area contributed by atoms with E-state index in [1.807, 2.05) is 6.20 Å². The number of aromatic nitrogens is 1. The number of nitrogens with zero attached hydrogens (tertiary/aromatic N) is 2. The Bertz CT molecular complexity index is 400. The molecular formula is C14H25N3OS. The highest BCUT2D eigenvalue weighted by Crippen LogP contribution is 2.26. The molecule has 0 spiro atoms. The summed E-state index contributed by atoms with van der Waals surface area (Å²) in [6, 6.07) is 0.475. The van der Waals surface area contributed by atoms with Crippen molar-refractivity contribution in [1.82, 2.24) is 10.3 Å². The van der Waals surface area contributed by atoms with E-state index < -0.39 is 0 Å². The molecule has 0 aliphatic carbocycles. The molecule has 0 amide bonds. The highest BCUT2D eigenvalue weighted by atomic mass is 32.1. The van der Waals surface area contributed by atoms with Crippen LogP contribution in [0, 0.1) is 0 Å². The lowest BCUT2D eigenvalue weighted by Gasteiger charge is -2.34. The topological polar surface area (TPSA) is 37.4 Å². The average Bonchev–Trinajstić information content (AvgIpc) is 2.84. The second-order valence-electron chi connectivity index (χ2n) is 6.04. The first kappa shape index (κ1) is 14.8. The third-order valence-electron chi connectivity index (χ3n) is 3.28. The molecule has 5 heteroatoms. The third kappa shape index (κ3) is 4.16. The fourth-order valence-corrected chi connectivity index (χ4v) is 3.06. The van der Waals surface area contributed by atoms with Gasteiger partial charge in [0.15, 0.2) is 5.13 Å². The molecule has 2 heterocycles. The highest BCUT2D eigenvalue weighted by Gasteiger charge is 2.24. The molecule has 1 aromatic heterocycles. The van der Waals surface area contributed by atoms with Gasteiger partial charge in [0, 0.05) is 29.7 Å². The summed E-state index contributed by atoms with van der Waals surface area (Å²) in [5.74, 6) is 0. The first-order valence-electron chi connectivity index (χ1n) is 7.03. The van der Waals surface area contributed by atoms with Crippen molar-refractivity contribution in [3.05, 3.63) is 11.1 Å². The van der Waals surface area contributed by atoms with Gasteiger partial charge in [-0.05, 0) is 27.2 Å². The van der Waals surface area contributed by atoms with E-state index in [4.69, 9.17) is 4.74 Å². The van der Waals surface area contributed by atoms with E-state index in [2.05, 4.69) is 42.9 Å². The van der Waals surface area contributed by atoms with Crippen LogP contribution in [0.1, 0.15) is 39.0 Å². The van der Waals surface area contributed by atoms with Crippen molar-refractivity contribution in [1.29, 1.82) is 0 Å². The van der Waals surface area contributed by atoms with E-state index in [0.29, 0.717) is 6.04 Å². The smallest absolute Gasteiger partial charge is 0.185 e. The van der Waals surface area contributed by atoms with E-state index in [-0.39, 0.29) is 5.54 Å². The number of rotatable bonds is 4.